The van der Waals surface area contributed by atoms with Gasteiger partial charge >= 0.3 is 0 Å². The van der Waals surface area contributed by atoms with Gasteiger partial charge in [-0.1, -0.05) is 36.4 Å². The fourth-order valence-corrected chi connectivity index (χ4v) is 6.90. The molecular weight excluding hydrogens is 478 g/mol. The van der Waals surface area contributed by atoms with Crippen LogP contribution in [0.5, 0.6) is 5.75 Å². The van der Waals surface area contributed by atoms with Crippen LogP contribution in [0.4, 0.5) is 5.69 Å². The van der Waals surface area contributed by atoms with Crippen LogP contribution in [0.1, 0.15) is 31.7 Å². The Morgan fingerprint density at radius 1 is 1.03 bits per heavy atom. The molecule has 0 saturated carbocycles. The first-order chi connectivity index (χ1) is 18.4. The Labute approximate surface area is 219 Å². The van der Waals surface area contributed by atoms with E-state index in [4.69, 9.17) is 9.47 Å². The number of hydrogen-bond donors (Lipinski definition) is 0. The molecule has 0 radical (unpaired) electrons. The molecule has 3 aliphatic heterocycles. The fraction of sp³-hybridized carbons (Fsp3) is 0.290. The normalized spacial score (nSPS) is 27.7. The van der Waals surface area contributed by atoms with Crippen molar-refractivity contribution in [3.05, 3.63) is 78.5 Å². The second kappa shape index (κ2) is 8.11. The highest BCUT2D eigenvalue weighted by Crippen LogP contribution is 2.62. The molecule has 4 atom stereocenters. The molecular formula is C31H25N3O4. The van der Waals surface area contributed by atoms with Gasteiger partial charge in [0.1, 0.15) is 11.8 Å². The molecule has 2 bridgehead atoms. The summed E-state index contributed by atoms with van der Waals surface area (Å²) in [7, 11) is 0. The SMILES string of the molecule is CC12CCC(CCOc3ccc4ncccc4c3)(O1)C1C(=O)N(c3ccc4ccccc4c3C#N)C(=O)C12. The molecule has 3 saturated heterocycles. The first-order valence-electron chi connectivity index (χ1n) is 12.9. The molecule has 4 unspecified atom stereocenters. The lowest BCUT2D eigenvalue weighted by Crippen LogP contribution is -2.43. The minimum Gasteiger partial charge on any atom is -0.493 e. The van der Waals surface area contributed by atoms with Gasteiger partial charge in [-0.3, -0.25) is 14.6 Å². The zero-order valence-corrected chi connectivity index (χ0v) is 20.9. The number of carbonyl (C=O) groups excluding carboxylic acids is 2. The number of fused-ring (bicyclic) bond motifs is 7. The summed E-state index contributed by atoms with van der Waals surface area (Å²) in [5.74, 6) is -1.02. The first kappa shape index (κ1) is 22.9. The molecule has 1 aromatic heterocycles. The lowest BCUT2D eigenvalue weighted by molar-refractivity contribution is -0.131. The van der Waals surface area contributed by atoms with Gasteiger partial charge in [0.05, 0.1) is 46.4 Å². The Balaban J connectivity index is 1.19. The number of rotatable bonds is 5. The van der Waals surface area contributed by atoms with Gasteiger partial charge in [-0.25, -0.2) is 4.90 Å². The maximum Gasteiger partial charge on any atom is 0.240 e. The highest BCUT2D eigenvalue weighted by molar-refractivity contribution is 6.24. The molecule has 0 aliphatic carbocycles. The number of ether oxygens (including phenoxy) is 2. The van der Waals surface area contributed by atoms with E-state index in [1.54, 1.807) is 12.3 Å². The summed E-state index contributed by atoms with van der Waals surface area (Å²) in [6, 6.07) is 23.0. The van der Waals surface area contributed by atoms with E-state index in [9.17, 15) is 14.9 Å². The molecule has 7 nitrogen and oxygen atoms in total. The molecule has 0 N–H and O–H groups in total. The van der Waals surface area contributed by atoms with Crippen LogP contribution in [0.2, 0.25) is 0 Å². The molecule has 7 heteroatoms. The quantitative estimate of drug-likeness (QED) is 0.350. The van der Waals surface area contributed by atoms with E-state index in [1.807, 2.05) is 67.6 Å². The Morgan fingerprint density at radius 3 is 2.71 bits per heavy atom. The minimum absolute atomic E-state index is 0.279. The predicted molar refractivity (Wildman–Crippen MR) is 141 cm³/mol. The van der Waals surface area contributed by atoms with Gasteiger partial charge in [0.2, 0.25) is 11.8 Å². The van der Waals surface area contributed by atoms with Crippen LogP contribution in [0.25, 0.3) is 21.7 Å². The number of imide groups is 1. The highest BCUT2D eigenvalue weighted by Gasteiger charge is 2.74. The van der Waals surface area contributed by atoms with E-state index in [0.717, 1.165) is 27.4 Å². The van der Waals surface area contributed by atoms with E-state index in [1.165, 1.54) is 4.90 Å². The zero-order valence-electron chi connectivity index (χ0n) is 20.9. The average molecular weight is 504 g/mol. The molecule has 3 aliphatic rings. The Kier molecular flexibility index (Phi) is 4.88. The standard InChI is InChI=1S/C31H25N3O4/c1-30-12-13-31(38-30,14-16-37-21-9-10-24-20(17-21)6-4-15-33-24)27-26(30)28(35)34(29(27)36)25-11-8-19-5-2-3-7-22(19)23(25)18-32/h2-11,15,17,26-27H,12-14,16H2,1H3. The van der Waals surface area contributed by atoms with E-state index in [2.05, 4.69) is 11.1 Å². The van der Waals surface area contributed by atoms with Crippen molar-refractivity contribution in [1.29, 1.82) is 5.26 Å². The second-order valence-corrected chi connectivity index (χ2v) is 10.7. The summed E-state index contributed by atoms with van der Waals surface area (Å²) < 4.78 is 12.7. The first-order valence-corrected chi connectivity index (χ1v) is 12.9. The smallest absolute Gasteiger partial charge is 0.240 e. The molecule has 38 heavy (non-hydrogen) atoms. The highest BCUT2D eigenvalue weighted by atomic mass is 16.5. The van der Waals surface area contributed by atoms with E-state index < -0.39 is 23.0 Å². The summed E-state index contributed by atoms with van der Waals surface area (Å²) in [6.45, 7) is 2.29. The van der Waals surface area contributed by atoms with Crippen molar-refractivity contribution in [3.63, 3.8) is 0 Å². The van der Waals surface area contributed by atoms with Gasteiger partial charge < -0.3 is 9.47 Å². The summed E-state index contributed by atoms with van der Waals surface area (Å²) >= 11 is 0. The third-order valence-electron chi connectivity index (χ3n) is 8.64. The maximum atomic E-state index is 14.0. The van der Waals surface area contributed by atoms with Gasteiger partial charge in [0, 0.05) is 23.4 Å². The Hall–Kier alpha value is -4.28. The third kappa shape index (κ3) is 3.13. The summed E-state index contributed by atoms with van der Waals surface area (Å²) in [6.07, 6.45) is 3.63. The maximum absolute atomic E-state index is 14.0. The van der Waals surface area contributed by atoms with Crippen molar-refractivity contribution in [2.24, 2.45) is 11.8 Å². The molecule has 3 fully saturated rings. The molecule has 4 aromatic rings. The number of amides is 2. The van der Waals surface area contributed by atoms with Gasteiger partial charge in [0.25, 0.3) is 0 Å². The summed E-state index contributed by atoms with van der Waals surface area (Å²) in [4.78, 5) is 33.4. The molecule has 3 aromatic carbocycles. The molecule has 2 amide bonds. The Bertz CT molecular complexity index is 1690. The van der Waals surface area contributed by atoms with Gasteiger partial charge in [0.15, 0.2) is 0 Å². The van der Waals surface area contributed by atoms with E-state index in [-0.39, 0.29) is 11.8 Å². The number of aromatic nitrogens is 1. The molecule has 0 spiro atoms. The number of carbonyl (C=O) groups is 2. The van der Waals surface area contributed by atoms with Crippen LogP contribution in [0.3, 0.4) is 0 Å². The van der Waals surface area contributed by atoms with Gasteiger partial charge in [-0.2, -0.15) is 5.26 Å². The lowest BCUT2D eigenvalue weighted by atomic mass is 9.67. The number of benzene rings is 3. The number of hydrogen-bond acceptors (Lipinski definition) is 6. The molecule has 4 heterocycles. The van der Waals surface area contributed by atoms with Crippen LogP contribution in [0, 0.1) is 23.2 Å². The number of nitrogens with zero attached hydrogens (tertiary/aromatic N) is 3. The van der Waals surface area contributed by atoms with Crippen LogP contribution in [0.15, 0.2) is 72.9 Å². The largest absolute Gasteiger partial charge is 0.493 e. The zero-order chi connectivity index (χ0) is 26.1. The number of anilines is 1. The average Bonchev–Trinajstić information content (AvgIpc) is 3.52. The number of pyridine rings is 1. The van der Waals surface area contributed by atoms with Crippen LogP contribution < -0.4 is 9.64 Å². The molecule has 7 rings (SSSR count). The van der Waals surface area contributed by atoms with Crippen molar-refractivity contribution in [2.45, 2.75) is 37.4 Å². The number of nitriles is 1. The predicted octanol–water partition coefficient (Wildman–Crippen LogP) is 5.16. The van der Waals surface area contributed by atoms with Crippen molar-refractivity contribution in [3.8, 4) is 11.8 Å². The van der Waals surface area contributed by atoms with Gasteiger partial charge in [-0.05, 0) is 55.5 Å². The van der Waals surface area contributed by atoms with Crippen LogP contribution >= 0.6 is 0 Å². The van der Waals surface area contributed by atoms with Crippen molar-refractivity contribution in [2.75, 3.05) is 11.5 Å². The topological polar surface area (TPSA) is 92.5 Å². The molecule has 188 valence electrons. The third-order valence-corrected chi connectivity index (χ3v) is 8.64. The van der Waals surface area contributed by atoms with E-state index in [0.29, 0.717) is 37.1 Å². The van der Waals surface area contributed by atoms with Crippen molar-refractivity contribution >= 4 is 39.2 Å². The summed E-state index contributed by atoms with van der Waals surface area (Å²) in [5.41, 5.74) is 0.0987. The van der Waals surface area contributed by atoms with Crippen LogP contribution in [-0.2, 0) is 14.3 Å². The minimum atomic E-state index is -0.775. The Morgan fingerprint density at radius 2 is 1.84 bits per heavy atom. The second-order valence-electron chi connectivity index (χ2n) is 10.7. The fourth-order valence-electron chi connectivity index (χ4n) is 6.90. The lowest BCUT2D eigenvalue weighted by Gasteiger charge is -2.31. The van der Waals surface area contributed by atoms with E-state index >= 15 is 0 Å². The van der Waals surface area contributed by atoms with Crippen molar-refractivity contribution in [1.82, 2.24) is 4.98 Å². The summed E-state index contributed by atoms with van der Waals surface area (Å²) in [5, 5.41) is 12.6. The van der Waals surface area contributed by atoms with Crippen LogP contribution in [-0.4, -0.2) is 34.6 Å². The van der Waals surface area contributed by atoms with Crippen molar-refractivity contribution < 1.29 is 19.1 Å². The van der Waals surface area contributed by atoms with Gasteiger partial charge in [-0.15, -0.1) is 0 Å². The monoisotopic (exact) mass is 503 g/mol.